The lowest BCUT2D eigenvalue weighted by Gasteiger charge is -2.30. The maximum atomic E-state index is 12.6. The number of rotatable bonds is 7. The van der Waals surface area contributed by atoms with Gasteiger partial charge in [-0.2, -0.15) is 0 Å². The summed E-state index contributed by atoms with van der Waals surface area (Å²) in [6.07, 6.45) is -0.711. The van der Waals surface area contributed by atoms with E-state index in [1.807, 2.05) is 36.4 Å². The summed E-state index contributed by atoms with van der Waals surface area (Å²) in [5.74, 6) is -1.61. The highest BCUT2D eigenvalue weighted by molar-refractivity contribution is 5.85. The molecule has 7 nitrogen and oxygen atoms in total. The molecule has 1 aliphatic rings. The van der Waals surface area contributed by atoms with Crippen LogP contribution in [0.3, 0.4) is 0 Å². The Morgan fingerprint density at radius 1 is 0.939 bits per heavy atom. The van der Waals surface area contributed by atoms with Crippen molar-refractivity contribution in [1.29, 1.82) is 0 Å². The van der Waals surface area contributed by atoms with E-state index in [1.165, 1.54) is 0 Å². The zero-order valence-electron chi connectivity index (χ0n) is 19.8. The fraction of sp³-hybridized carbons (Fsp3) is 0.423. The minimum atomic E-state index is -1.10. The highest BCUT2D eigenvalue weighted by atomic mass is 16.5. The topological polar surface area (TPSA) is 105 Å². The van der Waals surface area contributed by atoms with Crippen molar-refractivity contribution in [3.8, 4) is 11.1 Å². The molecule has 0 aliphatic heterocycles. The summed E-state index contributed by atoms with van der Waals surface area (Å²) >= 11 is 0. The van der Waals surface area contributed by atoms with Gasteiger partial charge in [-0.05, 0) is 41.5 Å². The van der Waals surface area contributed by atoms with Crippen molar-refractivity contribution >= 4 is 18.0 Å². The number of nitrogens with one attached hydrogen (secondary N) is 2. The van der Waals surface area contributed by atoms with E-state index in [1.54, 1.807) is 34.6 Å². The Balaban J connectivity index is 1.59. The molecule has 0 heterocycles. The molecule has 0 spiro atoms. The molecule has 0 unspecified atom stereocenters. The summed E-state index contributed by atoms with van der Waals surface area (Å²) in [4.78, 5) is 36.5. The van der Waals surface area contributed by atoms with Crippen molar-refractivity contribution in [2.75, 3.05) is 6.61 Å². The summed E-state index contributed by atoms with van der Waals surface area (Å²) in [7, 11) is 0. The molecule has 0 aromatic heterocycles. The molecule has 2 aromatic carbocycles. The van der Waals surface area contributed by atoms with Crippen molar-refractivity contribution in [3.05, 3.63) is 59.7 Å². The number of ether oxygens (including phenoxy) is 1. The Kier molecular flexibility index (Phi) is 6.81. The number of fused-ring (bicyclic) bond motifs is 3. The molecule has 0 fully saturated rings. The number of alkyl carbamates (subject to hydrolysis) is 1. The molecular weight excluding hydrogens is 420 g/mol. The smallest absolute Gasteiger partial charge is 0.407 e. The van der Waals surface area contributed by atoms with Crippen molar-refractivity contribution in [2.24, 2.45) is 5.41 Å². The third-order valence-electron chi connectivity index (χ3n) is 5.80. The Hall–Kier alpha value is -3.35. The number of benzene rings is 2. The molecule has 0 radical (unpaired) electrons. The largest absolute Gasteiger partial charge is 0.480 e. The van der Waals surface area contributed by atoms with E-state index in [-0.39, 0.29) is 18.9 Å². The Morgan fingerprint density at radius 2 is 1.45 bits per heavy atom. The highest BCUT2D eigenvalue weighted by Gasteiger charge is 2.35. The van der Waals surface area contributed by atoms with Crippen molar-refractivity contribution in [2.45, 2.75) is 58.5 Å². The standard InChI is InChI=1S/C26H32N2O5/c1-25(2,3)22(23(30)31)27-21(29)14-26(4,5)28-24(32)33-15-20-18-12-8-6-10-16(18)17-11-7-9-13-19(17)20/h6-13,20,22H,14-15H2,1-5H3,(H,27,29)(H,28,32)(H,30,31)/t22-/m0/s1. The molecule has 2 aromatic rings. The van der Waals surface area contributed by atoms with E-state index in [4.69, 9.17) is 4.74 Å². The Labute approximate surface area is 194 Å². The quantitative estimate of drug-likeness (QED) is 0.581. The maximum absolute atomic E-state index is 12.6. The van der Waals surface area contributed by atoms with Crippen LogP contribution in [0, 0.1) is 5.41 Å². The monoisotopic (exact) mass is 452 g/mol. The van der Waals surface area contributed by atoms with Gasteiger partial charge in [0.05, 0.1) is 0 Å². The van der Waals surface area contributed by atoms with Gasteiger partial charge >= 0.3 is 12.1 Å². The van der Waals surface area contributed by atoms with Crippen LogP contribution in [0.2, 0.25) is 0 Å². The molecule has 3 rings (SSSR count). The molecular formula is C26H32N2O5. The first kappa shape index (κ1) is 24.3. The third kappa shape index (κ3) is 5.72. The van der Waals surface area contributed by atoms with Gasteiger partial charge < -0.3 is 20.5 Å². The second-order valence-electron chi connectivity index (χ2n) is 10.2. The normalized spacial score (nSPS) is 14.1. The van der Waals surface area contributed by atoms with Crippen molar-refractivity contribution in [3.63, 3.8) is 0 Å². The summed E-state index contributed by atoms with van der Waals surface area (Å²) < 4.78 is 5.55. The zero-order chi connectivity index (χ0) is 24.4. The summed E-state index contributed by atoms with van der Waals surface area (Å²) in [6, 6.07) is 15.1. The average Bonchev–Trinajstić information content (AvgIpc) is 3.02. The summed E-state index contributed by atoms with van der Waals surface area (Å²) in [5, 5.41) is 14.7. The summed E-state index contributed by atoms with van der Waals surface area (Å²) in [5.41, 5.74) is 2.95. The minimum Gasteiger partial charge on any atom is -0.480 e. The molecule has 1 aliphatic carbocycles. The summed E-state index contributed by atoms with van der Waals surface area (Å²) in [6.45, 7) is 8.79. The molecule has 2 amide bonds. The second kappa shape index (κ2) is 9.25. The van der Waals surface area contributed by atoms with Gasteiger partial charge in [-0.1, -0.05) is 69.3 Å². The third-order valence-corrected chi connectivity index (χ3v) is 5.80. The predicted molar refractivity (Wildman–Crippen MR) is 126 cm³/mol. The number of hydrogen-bond acceptors (Lipinski definition) is 4. The first-order valence-corrected chi connectivity index (χ1v) is 11.0. The predicted octanol–water partition coefficient (Wildman–Crippen LogP) is 4.31. The Morgan fingerprint density at radius 3 is 1.94 bits per heavy atom. The lowest BCUT2D eigenvalue weighted by Crippen LogP contribution is -2.53. The molecule has 7 heteroatoms. The van der Waals surface area contributed by atoms with Gasteiger partial charge in [0.2, 0.25) is 5.91 Å². The van der Waals surface area contributed by atoms with E-state index in [0.717, 1.165) is 22.3 Å². The van der Waals surface area contributed by atoms with Crippen LogP contribution in [0.25, 0.3) is 11.1 Å². The number of carbonyl (C=O) groups excluding carboxylic acids is 2. The van der Waals surface area contributed by atoms with E-state index >= 15 is 0 Å². The van der Waals surface area contributed by atoms with Gasteiger partial charge in [0.15, 0.2) is 0 Å². The fourth-order valence-electron chi connectivity index (χ4n) is 4.22. The number of carboxylic acid groups (broad SMARTS) is 1. The molecule has 0 saturated heterocycles. The van der Waals surface area contributed by atoms with E-state index in [0.29, 0.717) is 0 Å². The van der Waals surface area contributed by atoms with Crippen LogP contribution in [-0.4, -0.2) is 41.3 Å². The molecule has 33 heavy (non-hydrogen) atoms. The number of carbonyl (C=O) groups is 3. The second-order valence-corrected chi connectivity index (χ2v) is 10.2. The molecule has 0 bridgehead atoms. The van der Waals surface area contributed by atoms with Crippen molar-refractivity contribution < 1.29 is 24.2 Å². The van der Waals surface area contributed by atoms with Gasteiger partial charge in [0.25, 0.3) is 0 Å². The molecule has 176 valence electrons. The van der Waals surface area contributed by atoms with E-state index in [9.17, 15) is 19.5 Å². The van der Waals surface area contributed by atoms with E-state index in [2.05, 4.69) is 22.8 Å². The van der Waals surface area contributed by atoms with Crippen LogP contribution in [-0.2, 0) is 14.3 Å². The van der Waals surface area contributed by atoms with Crippen LogP contribution in [0.4, 0.5) is 4.79 Å². The van der Waals surface area contributed by atoms with Gasteiger partial charge in [-0.25, -0.2) is 9.59 Å². The minimum absolute atomic E-state index is 0.0577. The van der Waals surface area contributed by atoms with Crippen molar-refractivity contribution in [1.82, 2.24) is 10.6 Å². The number of aliphatic carboxylic acids is 1. The molecule has 0 saturated carbocycles. The van der Waals surface area contributed by atoms with Gasteiger partial charge in [-0.3, -0.25) is 4.79 Å². The zero-order valence-corrected chi connectivity index (χ0v) is 19.8. The SMILES string of the molecule is CC(C)(CC(=O)N[C@@H](C(=O)O)C(C)(C)C)NC(=O)OCC1c2ccccc2-c2ccccc21. The number of amides is 2. The lowest BCUT2D eigenvalue weighted by molar-refractivity contribution is -0.145. The number of hydrogen-bond donors (Lipinski definition) is 3. The average molecular weight is 453 g/mol. The van der Waals surface area contributed by atoms with Crippen LogP contribution in [0.15, 0.2) is 48.5 Å². The first-order valence-electron chi connectivity index (χ1n) is 11.0. The first-order chi connectivity index (χ1) is 15.4. The lowest BCUT2D eigenvalue weighted by atomic mass is 9.86. The van der Waals surface area contributed by atoms with Crippen LogP contribution in [0.1, 0.15) is 58.1 Å². The fourth-order valence-corrected chi connectivity index (χ4v) is 4.22. The van der Waals surface area contributed by atoms with Gasteiger partial charge in [-0.15, -0.1) is 0 Å². The Bertz CT molecular complexity index is 1010. The highest BCUT2D eigenvalue weighted by Crippen LogP contribution is 2.44. The molecule has 3 N–H and O–H groups in total. The van der Waals surface area contributed by atoms with Crippen LogP contribution < -0.4 is 10.6 Å². The number of carboxylic acids is 1. The maximum Gasteiger partial charge on any atom is 0.407 e. The van der Waals surface area contributed by atoms with Gasteiger partial charge in [0, 0.05) is 17.9 Å². The molecule has 1 atom stereocenters. The van der Waals surface area contributed by atoms with Crippen LogP contribution >= 0.6 is 0 Å². The van der Waals surface area contributed by atoms with Crippen LogP contribution in [0.5, 0.6) is 0 Å². The van der Waals surface area contributed by atoms with Gasteiger partial charge in [0.1, 0.15) is 12.6 Å². The van der Waals surface area contributed by atoms with E-state index < -0.39 is 35.0 Å².